The summed E-state index contributed by atoms with van der Waals surface area (Å²) in [7, 11) is 0. The molecule has 2 aromatic rings. The van der Waals surface area contributed by atoms with Gasteiger partial charge in [0.1, 0.15) is 0 Å². The number of aromatic amines is 1. The average molecular weight is 290 g/mol. The van der Waals surface area contributed by atoms with Gasteiger partial charge in [-0.25, -0.2) is 0 Å². The van der Waals surface area contributed by atoms with Crippen molar-refractivity contribution in [3.63, 3.8) is 0 Å². The number of amides is 1. The number of hydrogen-bond acceptors (Lipinski definition) is 3. The molecule has 0 bridgehead atoms. The lowest BCUT2D eigenvalue weighted by molar-refractivity contribution is 0.0937. The molecule has 2 rings (SSSR count). The second-order valence-corrected chi connectivity index (χ2v) is 5.30. The Morgan fingerprint density at radius 2 is 1.95 bits per heavy atom. The highest BCUT2D eigenvalue weighted by Gasteiger charge is 2.18. The van der Waals surface area contributed by atoms with Crippen LogP contribution in [-0.2, 0) is 0 Å². The van der Waals surface area contributed by atoms with Crippen LogP contribution in [-0.4, -0.2) is 20.7 Å². The van der Waals surface area contributed by atoms with Crippen LogP contribution in [0.15, 0.2) is 30.3 Å². The molecule has 1 aromatic heterocycles. The summed E-state index contributed by atoms with van der Waals surface area (Å²) in [4.78, 5) is 12.1. The fraction of sp³-hybridized carbons (Fsp3) is 0.357. The van der Waals surface area contributed by atoms with Gasteiger partial charge in [0.15, 0.2) is 10.6 Å². The molecule has 1 aromatic carbocycles. The fourth-order valence-electron chi connectivity index (χ4n) is 2.06. The number of aromatic nitrogens is 3. The van der Waals surface area contributed by atoms with Crippen LogP contribution in [0.4, 0.5) is 0 Å². The van der Waals surface area contributed by atoms with Crippen LogP contribution in [0, 0.1) is 4.77 Å². The maximum absolute atomic E-state index is 12.1. The number of nitrogens with zero attached hydrogens (tertiary/aromatic N) is 2. The predicted octanol–water partition coefficient (Wildman–Crippen LogP) is 3.01. The molecule has 1 heterocycles. The van der Waals surface area contributed by atoms with Crippen molar-refractivity contribution in [3.8, 4) is 0 Å². The molecule has 0 aliphatic carbocycles. The van der Waals surface area contributed by atoms with Crippen molar-refractivity contribution in [1.82, 2.24) is 20.1 Å². The van der Waals surface area contributed by atoms with Gasteiger partial charge >= 0.3 is 0 Å². The Hall–Kier alpha value is -1.95. The zero-order valence-corrected chi connectivity index (χ0v) is 12.6. The third-order valence-electron chi connectivity index (χ3n) is 3.02. The Kier molecular flexibility index (Phi) is 4.34. The zero-order chi connectivity index (χ0) is 14.7. The molecule has 0 aliphatic heterocycles. The van der Waals surface area contributed by atoms with E-state index >= 15 is 0 Å². The Morgan fingerprint density at radius 3 is 2.55 bits per heavy atom. The molecule has 6 heteroatoms. The highest BCUT2D eigenvalue weighted by atomic mass is 32.1. The number of nitrogens with one attached hydrogen (secondary N) is 2. The minimum absolute atomic E-state index is 0.123. The largest absolute Gasteiger partial charge is 0.342 e. The van der Waals surface area contributed by atoms with Crippen molar-refractivity contribution in [2.45, 2.75) is 32.9 Å². The maximum Gasteiger partial charge on any atom is 0.251 e. The smallest absolute Gasteiger partial charge is 0.251 e. The number of carbonyl (C=O) groups excluding carboxylic acids is 1. The Balaban J connectivity index is 2.19. The van der Waals surface area contributed by atoms with Crippen molar-refractivity contribution in [2.75, 3.05) is 0 Å². The van der Waals surface area contributed by atoms with E-state index in [2.05, 4.69) is 15.5 Å². The normalized spacial score (nSPS) is 12.4. The van der Waals surface area contributed by atoms with Gasteiger partial charge in [0.05, 0.1) is 6.04 Å². The molecule has 20 heavy (non-hydrogen) atoms. The van der Waals surface area contributed by atoms with Gasteiger partial charge in [-0.1, -0.05) is 18.2 Å². The quantitative estimate of drug-likeness (QED) is 0.851. The molecule has 5 nitrogen and oxygen atoms in total. The highest BCUT2D eigenvalue weighted by Crippen LogP contribution is 2.16. The third kappa shape index (κ3) is 2.96. The summed E-state index contributed by atoms with van der Waals surface area (Å²) in [5.74, 6) is 0.608. The topological polar surface area (TPSA) is 62.7 Å². The summed E-state index contributed by atoms with van der Waals surface area (Å²) in [6, 6.07) is 9.08. The molecule has 0 radical (unpaired) electrons. The first-order valence-electron chi connectivity index (χ1n) is 6.53. The van der Waals surface area contributed by atoms with Crippen molar-refractivity contribution >= 4 is 18.1 Å². The second-order valence-electron chi connectivity index (χ2n) is 4.91. The first kappa shape index (κ1) is 14.5. The van der Waals surface area contributed by atoms with E-state index in [0.29, 0.717) is 10.3 Å². The molecule has 0 saturated heterocycles. The van der Waals surface area contributed by atoms with E-state index in [1.54, 1.807) is 12.1 Å². The Labute approximate surface area is 123 Å². The fourth-order valence-corrected chi connectivity index (χ4v) is 2.41. The minimum Gasteiger partial charge on any atom is -0.342 e. The first-order valence-corrected chi connectivity index (χ1v) is 6.94. The van der Waals surface area contributed by atoms with Crippen LogP contribution in [0.25, 0.3) is 0 Å². The number of hydrogen-bond donors (Lipinski definition) is 2. The number of rotatable bonds is 4. The summed E-state index contributed by atoms with van der Waals surface area (Å²) in [5.41, 5.74) is 0.629. The highest BCUT2D eigenvalue weighted by molar-refractivity contribution is 7.71. The molecule has 0 fully saturated rings. The molecule has 0 unspecified atom stereocenters. The van der Waals surface area contributed by atoms with Gasteiger partial charge in [-0.3, -0.25) is 14.5 Å². The monoisotopic (exact) mass is 290 g/mol. The molecule has 2 N–H and O–H groups in total. The van der Waals surface area contributed by atoms with Gasteiger partial charge in [0.2, 0.25) is 0 Å². The molecule has 1 atom stereocenters. The summed E-state index contributed by atoms with van der Waals surface area (Å²) >= 11 is 5.21. The molecular weight excluding hydrogens is 272 g/mol. The molecular formula is C14H18N4OS. The predicted molar refractivity (Wildman–Crippen MR) is 80.1 cm³/mol. The summed E-state index contributed by atoms with van der Waals surface area (Å²) in [6.45, 7) is 5.95. The second kappa shape index (κ2) is 6.00. The van der Waals surface area contributed by atoms with Crippen LogP contribution >= 0.6 is 12.2 Å². The summed E-state index contributed by atoms with van der Waals surface area (Å²) in [5, 5.41) is 9.92. The van der Waals surface area contributed by atoms with E-state index in [0.717, 1.165) is 5.82 Å². The van der Waals surface area contributed by atoms with Gasteiger partial charge in [-0.2, -0.15) is 5.10 Å². The van der Waals surface area contributed by atoms with E-state index in [1.165, 1.54) is 0 Å². The lowest BCUT2D eigenvalue weighted by Gasteiger charge is -2.17. The minimum atomic E-state index is -0.224. The average Bonchev–Trinajstić information content (AvgIpc) is 2.81. The summed E-state index contributed by atoms with van der Waals surface area (Å²) in [6.07, 6.45) is 0. The Morgan fingerprint density at radius 1 is 1.30 bits per heavy atom. The lowest BCUT2D eigenvalue weighted by Crippen LogP contribution is -2.29. The van der Waals surface area contributed by atoms with E-state index < -0.39 is 0 Å². The molecule has 106 valence electrons. The van der Waals surface area contributed by atoms with Crippen LogP contribution in [0.1, 0.15) is 49.0 Å². The molecule has 0 spiro atoms. The van der Waals surface area contributed by atoms with Crippen LogP contribution in [0.2, 0.25) is 0 Å². The van der Waals surface area contributed by atoms with Gasteiger partial charge in [-0.05, 0) is 45.1 Å². The zero-order valence-electron chi connectivity index (χ0n) is 11.8. The SMILES string of the molecule is CC(C)n1c([C@@H](C)NC(=O)c2ccccc2)n[nH]c1=S. The van der Waals surface area contributed by atoms with E-state index in [4.69, 9.17) is 12.2 Å². The van der Waals surface area contributed by atoms with E-state index in [-0.39, 0.29) is 18.0 Å². The van der Waals surface area contributed by atoms with Gasteiger partial charge in [0.25, 0.3) is 5.91 Å². The van der Waals surface area contributed by atoms with Crippen molar-refractivity contribution < 1.29 is 4.79 Å². The number of H-pyrrole nitrogens is 1. The van der Waals surface area contributed by atoms with Crippen LogP contribution in [0.3, 0.4) is 0 Å². The lowest BCUT2D eigenvalue weighted by atomic mass is 10.2. The maximum atomic E-state index is 12.1. The van der Waals surface area contributed by atoms with Gasteiger partial charge in [-0.15, -0.1) is 0 Å². The van der Waals surface area contributed by atoms with Crippen molar-refractivity contribution in [3.05, 3.63) is 46.5 Å². The van der Waals surface area contributed by atoms with E-state index in [1.807, 2.05) is 43.5 Å². The van der Waals surface area contributed by atoms with Gasteiger partial charge < -0.3 is 5.32 Å². The van der Waals surface area contributed by atoms with Crippen LogP contribution in [0.5, 0.6) is 0 Å². The standard InChI is InChI=1S/C14H18N4OS/c1-9(2)18-12(16-17-14(18)20)10(3)15-13(19)11-7-5-4-6-8-11/h4-10H,1-3H3,(H,15,19)(H,17,20)/t10-/m1/s1. The number of benzene rings is 1. The summed E-state index contributed by atoms with van der Waals surface area (Å²) < 4.78 is 2.47. The molecule has 1 amide bonds. The van der Waals surface area contributed by atoms with Crippen LogP contribution < -0.4 is 5.32 Å². The third-order valence-corrected chi connectivity index (χ3v) is 3.31. The first-order chi connectivity index (χ1) is 9.50. The van der Waals surface area contributed by atoms with Crippen molar-refractivity contribution in [2.24, 2.45) is 0 Å². The van der Waals surface area contributed by atoms with Crippen molar-refractivity contribution in [1.29, 1.82) is 0 Å². The molecule has 0 saturated carbocycles. The molecule has 0 aliphatic rings. The van der Waals surface area contributed by atoms with Gasteiger partial charge in [0, 0.05) is 11.6 Å². The Bertz CT molecular complexity index is 645. The van der Waals surface area contributed by atoms with E-state index in [9.17, 15) is 4.79 Å². The number of carbonyl (C=O) groups is 1.